The molecule has 0 radical (unpaired) electrons. The minimum atomic E-state index is -4.38. The summed E-state index contributed by atoms with van der Waals surface area (Å²) in [7, 11) is -6.24. The topological polar surface area (TPSA) is 121 Å². The van der Waals surface area contributed by atoms with Gasteiger partial charge in [-0.15, -0.1) is 0 Å². The van der Waals surface area contributed by atoms with E-state index in [1.807, 2.05) is 12.2 Å². The maximum Gasteiger partial charge on any atom is 0.323 e. The standard InChI is InChI=1S/C33H34O8S2/c1-40-30(34)32(31(35)41-2)19-23-14-16-27-26(28(23)20-32)15-13-22-17-18-33(21-29(22)27,42(36,37)24-9-5-3-6-10-24)43(38,39)25-11-7-4-8-12-25/h3-12,14,17,28-29H,13,15-16,18-21H2,1-2H3/t28-,29+/m0/s1. The molecule has 0 spiro atoms. The van der Waals surface area contributed by atoms with E-state index in [0.717, 1.165) is 22.3 Å². The summed E-state index contributed by atoms with van der Waals surface area (Å²) in [6.45, 7) is 0. The van der Waals surface area contributed by atoms with E-state index in [-0.39, 0.29) is 41.4 Å². The van der Waals surface area contributed by atoms with Crippen LogP contribution < -0.4 is 0 Å². The van der Waals surface area contributed by atoms with Crippen molar-refractivity contribution in [2.24, 2.45) is 17.3 Å². The van der Waals surface area contributed by atoms with Crippen molar-refractivity contribution in [1.82, 2.24) is 0 Å². The molecule has 6 rings (SSSR count). The Balaban J connectivity index is 1.47. The molecule has 0 aliphatic heterocycles. The Morgan fingerprint density at radius 1 is 0.698 bits per heavy atom. The van der Waals surface area contributed by atoms with E-state index in [4.69, 9.17) is 9.47 Å². The SMILES string of the molecule is COC(=O)C1(C(=O)OC)CC2=CCC3=C(CCC4=CCC(S(=O)(=O)c5ccccc5)(S(=O)(=O)c5ccccc5)C[C@H]43)[C@H]2C1. The average molecular weight is 623 g/mol. The molecule has 0 aromatic heterocycles. The number of rotatable bonds is 6. The molecule has 0 unspecified atom stereocenters. The molecule has 4 aliphatic rings. The highest BCUT2D eigenvalue weighted by Crippen LogP contribution is 2.59. The van der Waals surface area contributed by atoms with Crippen LogP contribution in [0.15, 0.2) is 105 Å². The van der Waals surface area contributed by atoms with Crippen LogP contribution >= 0.6 is 0 Å². The second-order valence-corrected chi connectivity index (χ2v) is 16.6. The van der Waals surface area contributed by atoms with Gasteiger partial charge < -0.3 is 9.47 Å². The first-order chi connectivity index (χ1) is 20.5. The molecule has 0 amide bonds. The van der Waals surface area contributed by atoms with E-state index in [1.54, 1.807) is 36.4 Å². The first kappa shape index (κ1) is 29.6. The van der Waals surface area contributed by atoms with Gasteiger partial charge in [-0.3, -0.25) is 9.59 Å². The third kappa shape index (κ3) is 4.28. The lowest BCUT2D eigenvalue weighted by Crippen LogP contribution is -2.50. The maximum absolute atomic E-state index is 14.5. The number of carbonyl (C=O) groups is 2. The second kappa shape index (κ2) is 10.6. The Bertz CT molecular complexity index is 1700. The number of ether oxygens (including phenoxy) is 2. The molecule has 8 nitrogen and oxygen atoms in total. The molecule has 2 aromatic carbocycles. The molecule has 2 aromatic rings. The van der Waals surface area contributed by atoms with Crippen LogP contribution in [0.1, 0.15) is 44.9 Å². The molecule has 2 atom stereocenters. The van der Waals surface area contributed by atoms with Crippen molar-refractivity contribution < 1.29 is 35.9 Å². The number of benzene rings is 2. The van der Waals surface area contributed by atoms with E-state index in [2.05, 4.69) is 0 Å². The molecule has 0 bridgehead atoms. The fraction of sp³-hybridized carbons (Fsp3) is 0.394. The minimum Gasteiger partial charge on any atom is -0.468 e. The van der Waals surface area contributed by atoms with Gasteiger partial charge in [-0.25, -0.2) is 16.8 Å². The molecular formula is C33H34O8S2. The lowest BCUT2D eigenvalue weighted by atomic mass is 9.67. The van der Waals surface area contributed by atoms with Gasteiger partial charge in [0, 0.05) is 18.3 Å². The van der Waals surface area contributed by atoms with Gasteiger partial charge in [0.05, 0.1) is 24.0 Å². The van der Waals surface area contributed by atoms with E-state index in [9.17, 15) is 26.4 Å². The summed E-state index contributed by atoms with van der Waals surface area (Å²) in [4.78, 5) is 25.8. The third-order valence-electron chi connectivity index (χ3n) is 9.90. The molecule has 0 heterocycles. The van der Waals surface area contributed by atoms with E-state index in [1.165, 1.54) is 38.5 Å². The summed E-state index contributed by atoms with van der Waals surface area (Å²) in [6.07, 6.45) is 5.86. The van der Waals surface area contributed by atoms with Gasteiger partial charge in [-0.05, 0) is 62.8 Å². The molecule has 1 fully saturated rings. The van der Waals surface area contributed by atoms with Crippen molar-refractivity contribution in [3.63, 3.8) is 0 Å². The van der Waals surface area contributed by atoms with Gasteiger partial charge in [0.2, 0.25) is 0 Å². The summed E-state index contributed by atoms with van der Waals surface area (Å²) in [5.41, 5.74) is 2.63. The Hall–Kier alpha value is -3.50. The zero-order valence-electron chi connectivity index (χ0n) is 24.1. The van der Waals surface area contributed by atoms with Gasteiger partial charge in [0.1, 0.15) is 0 Å². The van der Waals surface area contributed by atoms with Crippen molar-refractivity contribution in [2.75, 3.05) is 14.2 Å². The average Bonchev–Trinajstić information content (AvgIpc) is 3.45. The summed E-state index contributed by atoms with van der Waals surface area (Å²) < 4.78 is 66.0. The fourth-order valence-corrected chi connectivity index (χ4v) is 12.7. The Morgan fingerprint density at radius 2 is 1.23 bits per heavy atom. The summed E-state index contributed by atoms with van der Waals surface area (Å²) in [5, 5.41) is 0. The molecule has 226 valence electrons. The zero-order chi connectivity index (χ0) is 30.6. The van der Waals surface area contributed by atoms with Crippen molar-refractivity contribution >= 4 is 31.6 Å². The summed E-state index contributed by atoms with van der Waals surface area (Å²) >= 11 is 0. The van der Waals surface area contributed by atoms with Crippen LogP contribution in [0, 0.1) is 17.3 Å². The van der Waals surface area contributed by atoms with Crippen LogP contribution in [0.25, 0.3) is 0 Å². The summed E-state index contributed by atoms with van der Waals surface area (Å²) in [6, 6.07) is 15.6. The van der Waals surface area contributed by atoms with Crippen molar-refractivity contribution in [3.05, 3.63) is 95.1 Å². The lowest BCUT2D eigenvalue weighted by molar-refractivity contribution is -0.168. The van der Waals surface area contributed by atoms with Gasteiger partial charge in [0.15, 0.2) is 29.2 Å². The van der Waals surface area contributed by atoms with Crippen LogP contribution in [0.5, 0.6) is 0 Å². The predicted octanol–water partition coefficient (Wildman–Crippen LogP) is 5.13. The molecule has 0 N–H and O–H groups in total. The van der Waals surface area contributed by atoms with Crippen molar-refractivity contribution in [2.45, 2.75) is 58.8 Å². The van der Waals surface area contributed by atoms with Crippen molar-refractivity contribution in [3.8, 4) is 0 Å². The zero-order valence-corrected chi connectivity index (χ0v) is 25.7. The predicted molar refractivity (Wildman–Crippen MR) is 159 cm³/mol. The van der Waals surface area contributed by atoms with Crippen LogP contribution in [-0.4, -0.2) is 47.1 Å². The highest BCUT2D eigenvalue weighted by Gasteiger charge is 2.60. The van der Waals surface area contributed by atoms with E-state index < -0.39 is 47.0 Å². The van der Waals surface area contributed by atoms with Crippen LogP contribution in [0.4, 0.5) is 0 Å². The van der Waals surface area contributed by atoms with Crippen LogP contribution in [0.3, 0.4) is 0 Å². The van der Waals surface area contributed by atoms with Gasteiger partial charge in [0.25, 0.3) is 0 Å². The first-order valence-electron chi connectivity index (χ1n) is 14.4. The number of sulfone groups is 2. The summed E-state index contributed by atoms with van der Waals surface area (Å²) in [5.74, 6) is -1.87. The lowest BCUT2D eigenvalue weighted by Gasteiger charge is -2.44. The minimum absolute atomic E-state index is 0.0288. The number of esters is 2. The quantitative estimate of drug-likeness (QED) is 0.247. The number of hydrogen-bond donors (Lipinski definition) is 0. The fourth-order valence-electron chi connectivity index (χ4n) is 7.74. The van der Waals surface area contributed by atoms with E-state index in [0.29, 0.717) is 19.3 Å². The Kier molecular flexibility index (Phi) is 7.28. The normalized spacial score (nSPS) is 24.0. The number of allylic oxidation sites excluding steroid dienone is 6. The number of methoxy groups -OCH3 is 2. The van der Waals surface area contributed by atoms with Gasteiger partial charge in [-0.2, -0.15) is 0 Å². The highest BCUT2D eigenvalue weighted by molar-refractivity contribution is 8.10. The number of fused-ring (bicyclic) bond motifs is 4. The number of hydrogen-bond acceptors (Lipinski definition) is 8. The molecule has 4 aliphatic carbocycles. The van der Waals surface area contributed by atoms with Gasteiger partial charge in [-0.1, -0.05) is 70.8 Å². The molecule has 0 saturated heterocycles. The van der Waals surface area contributed by atoms with Crippen LogP contribution in [-0.2, 0) is 38.7 Å². The monoisotopic (exact) mass is 622 g/mol. The molecule has 10 heteroatoms. The van der Waals surface area contributed by atoms with Crippen molar-refractivity contribution in [1.29, 1.82) is 0 Å². The maximum atomic E-state index is 14.5. The van der Waals surface area contributed by atoms with E-state index >= 15 is 0 Å². The highest BCUT2D eigenvalue weighted by atomic mass is 32.3. The largest absolute Gasteiger partial charge is 0.468 e. The first-order valence-corrected chi connectivity index (χ1v) is 17.3. The molecular weight excluding hydrogens is 588 g/mol. The third-order valence-corrected chi connectivity index (χ3v) is 15.6. The molecule has 43 heavy (non-hydrogen) atoms. The Labute approximate surface area is 252 Å². The molecule has 1 saturated carbocycles. The Morgan fingerprint density at radius 3 is 1.77 bits per heavy atom. The smallest absolute Gasteiger partial charge is 0.323 e. The second-order valence-electron chi connectivity index (χ2n) is 11.8. The number of carbonyl (C=O) groups excluding carboxylic acids is 2. The van der Waals surface area contributed by atoms with Crippen LogP contribution in [0.2, 0.25) is 0 Å². The van der Waals surface area contributed by atoms with Gasteiger partial charge >= 0.3 is 11.9 Å².